The van der Waals surface area contributed by atoms with E-state index >= 15 is 0 Å². The second-order valence-electron chi connectivity index (χ2n) is 6.69. The molecule has 1 aliphatic heterocycles. The highest BCUT2D eigenvalue weighted by molar-refractivity contribution is 5.75. The van der Waals surface area contributed by atoms with E-state index in [2.05, 4.69) is 50.5 Å². The molecule has 0 radical (unpaired) electrons. The van der Waals surface area contributed by atoms with E-state index in [-0.39, 0.29) is 12.6 Å². The fourth-order valence-electron chi connectivity index (χ4n) is 3.20. The van der Waals surface area contributed by atoms with Crippen LogP contribution < -0.4 is 5.32 Å². The highest BCUT2D eigenvalue weighted by Crippen LogP contribution is 2.24. The van der Waals surface area contributed by atoms with Gasteiger partial charge in [0.05, 0.1) is 24.2 Å². The van der Waals surface area contributed by atoms with Crippen LogP contribution in [0.2, 0.25) is 0 Å². The van der Waals surface area contributed by atoms with E-state index in [1.807, 2.05) is 6.92 Å². The summed E-state index contributed by atoms with van der Waals surface area (Å²) in [7, 11) is 2.14. The molecule has 0 amide bonds. The van der Waals surface area contributed by atoms with Crippen LogP contribution in [0.5, 0.6) is 0 Å². The predicted molar refractivity (Wildman–Crippen MR) is 96.9 cm³/mol. The van der Waals surface area contributed by atoms with Gasteiger partial charge in [-0.25, -0.2) is 9.67 Å². The van der Waals surface area contributed by atoms with E-state index < -0.39 is 0 Å². The van der Waals surface area contributed by atoms with E-state index in [0.717, 1.165) is 36.2 Å². The lowest BCUT2D eigenvalue weighted by molar-refractivity contribution is 0.232. The first kappa shape index (κ1) is 16.0. The summed E-state index contributed by atoms with van der Waals surface area (Å²) in [5.41, 5.74) is 4.46. The van der Waals surface area contributed by atoms with Crippen LogP contribution in [-0.2, 0) is 13.0 Å². The Kier molecular flexibility index (Phi) is 4.10. The number of anilines is 2. The Labute approximate surface area is 146 Å². The molecular formula is C18H22N6O. The standard InChI is InChI=1S/C18H22N6O/c1-12(11-25)24-17-15(9-20-24)8-19-18(22-17)21-16-4-3-13-5-6-23(2)10-14(13)7-16/h3-4,7-9,12,25H,5-6,10-11H2,1-2H3,(H,19,21,22). The van der Waals surface area contributed by atoms with Gasteiger partial charge in [-0.3, -0.25) is 0 Å². The van der Waals surface area contributed by atoms with Gasteiger partial charge in [0.15, 0.2) is 5.65 Å². The zero-order chi connectivity index (χ0) is 17.4. The van der Waals surface area contributed by atoms with Gasteiger partial charge in [-0.1, -0.05) is 6.07 Å². The van der Waals surface area contributed by atoms with Crippen molar-refractivity contribution in [3.63, 3.8) is 0 Å². The molecule has 1 unspecified atom stereocenters. The quantitative estimate of drug-likeness (QED) is 0.758. The molecule has 2 N–H and O–H groups in total. The maximum absolute atomic E-state index is 9.38. The highest BCUT2D eigenvalue weighted by atomic mass is 16.3. The Balaban J connectivity index is 1.63. The van der Waals surface area contributed by atoms with Crippen LogP contribution in [-0.4, -0.2) is 50.0 Å². The lowest BCUT2D eigenvalue weighted by Gasteiger charge is -2.25. The van der Waals surface area contributed by atoms with Gasteiger partial charge in [0.25, 0.3) is 0 Å². The number of aromatic nitrogens is 4. The van der Waals surface area contributed by atoms with Gasteiger partial charge in [-0.2, -0.15) is 10.1 Å². The number of hydrogen-bond donors (Lipinski definition) is 2. The zero-order valence-corrected chi connectivity index (χ0v) is 14.5. The van der Waals surface area contributed by atoms with Crippen LogP contribution in [0.4, 0.5) is 11.6 Å². The number of nitrogens with one attached hydrogen (secondary N) is 1. The van der Waals surface area contributed by atoms with Gasteiger partial charge in [0.2, 0.25) is 5.95 Å². The molecule has 25 heavy (non-hydrogen) atoms. The first-order valence-electron chi connectivity index (χ1n) is 8.52. The molecule has 1 atom stereocenters. The molecule has 1 aliphatic rings. The molecule has 0 bridgehead atoms. The summed E-state index contributed by atoms with van der Waals surface area (Å²) >= 11 is 0. The van der Waals surface area contributed by atoms with Gasteiger partial charge in [0.1, 0.15) is 0 Å². The molecule has 0 spiro atoms. The second-order valence-corrected chi connectivity index (χ2v) is 6.69. The summed E-state index contributed by atoms with van der Waals surface area (Å²) in [4.78, 5) is 11.3. The minimum atomic E-state index is -0.125. The zero-order valence-electron chi connectivity index (χ0n) is 14.5. The fraction of sp³-hybridized carbons (Fsp3) is 0.389. The van der Waals surface area contributed by atoms with Crippen molar-refractivity contribution in [2.45, 2.75) is 25.9 Å². The van der Waals surface area contributed by atoms with Crippen molar-refractivity contribution in [3.05, 3.63) is 41.7 Å². The van der Waals surface area contributed by atoms with Crippen molar-refractivity contribution in [2.75, 3.05) is 25.5 Å². The van der Waals surface area contributed by atoms with E-state index in [4.69, 9.17) is 0 Å². The Morgan fingerprint density at radius 2 is 2.16 bits per heavy atom. The molecule has 2 aromatic heterocycles. The number of aliphatic hydroxyl groups excluding tert-OH is 1. The first-order valence-corrected chi connectivity index (χ1v) is 8.52. The number of likely N-dealkylation sites (N-methyl/N-ethyl adjacent to an activating group) is 1. The summed E-state index contributed by atoms with van der Waals surface area (Å²) in [6.07, 6.45) is 4.57. The molecule has 0 aliphatic carbocycles. The summed E-state index contributed by atoms with van der Waals surface area (Å²) in [6, 6.07) is 6.30. The molecule has 7 heteroatoms. The third kappa shape index (κ3) is 3.08. The van der Waals surface area contributed by atoms with E-state index in [0.29, 0.717) is 5.95 Å². The summed E-state index contributed by atoms with van der Waals surface area (Å²) < 4.78 is 1.73. The molecule has 0 fully saturated rings. The molecule has 0 saturated heterocycles. The first-order chi connectivity index (χ1) is 12.1. The van der Waals surface area contributed by atoms with E-state index in [1.54, 1.807) is 17.1 Å². The van der Waals surface area contributed by atoms with E-state index in [9.17, 15) is 5.11 Å². The number of rotatable bonds is 4. The normalized spacial score (nSPS) is 16.0. The van der Waals surface area contributed by atoms with Crippen molar-refractivity contribution in [1.82, 2.24) is 24.6 Å². The largest absolute Gasteiger partial charge is 0.394 e. The maximum Gasteiger partial charge on any atom is 0.229 e. The average molecular weight is 338 g/mol. The molecule has 3 heterocycles. The van der Waals surface area contributed by atoms with Crippen LogP contribution in [0.3, 0.4) is 0 Å². The topological polar surface area (TPSA) is 79.1 Å². The number of fused-ring (bicyclic) bond motifs is 2. The van der Waals surface area contributed by atoms with Crippen molar-refractivity contribution >= 4 is 22.7 Å². The maximum atomic E-state index is 9.38. The molecule has 7 nitrogen and oxygen atoms in total. The Morgan fingerprint density at radius 3 is 3.00 bits per heavy atom. The smallest absolute Gasteiger partial charge is 0.229 e. The third-order valence-electron chi connectivity index (χ3n) is 4.68. The Hall–Kier alpha value is -2.51. The number of nitrogens with zero attached hydrogens (tertiary/aromatic N) is 5. The predicted octanol–water partition coefficient (Wildman–Crippen LogP) is 2.11. The fourth-order valence-corrected chi connectivity index (χ4v) is 3.20. The van der Waals surface area contributed by atoms with Crippen molar-refractivity contribution in [1.29, 1.82) is 0 Å². The molecule has 3 aromatic rings. The van der Waals surface area contributed by atoms with Crippen molar-refractivity contribution in [3.8, 4) is 0 Å². The summed E-state index contributed by atoms with van der Waals surface area (Å²) in [6.45, 7) is 3.99. The highest BCUT2D eigenvalue weighted by Gasteiger charge is 2.14. The van der Waals surface area contributed by atoms with Crippen LogP contribution in [0.1, 0.15) is 24.1 Å². The van der Waals surface area contributed by atoms with Crippen LogP contribution in [0, 0.1) is 0 Å². The summed E-state index contributed by atoms with van der Waals surface area (Å²) in [5.74, 6) is 0.531. The molecule has 130 valence electrons. The lowest BCUT2D eigenvalue weighted by atomic mass is 9.99. The number of aliphatic hydroxyl groups is 1. The second kappa shape index (κ2) is 6.42. The van der Waals surface area contributed by atoms with Gasteiger partial charge >= 0.3 is 0 Å². The van der Waals surface area contributed by atoms with Crippen LogP contribution >= 0.6 is 0 Å². The average Bonchev–Trinajstić information content (AvgIpc) is 3.04. The molecule has 4 rings (SSSR count). The van der Waals surface area contributed by atoms with Gasteiger partial charge in [-0.15, -0.1) is 0 Å². The lowest BCUT2D eigenvalue weighted by Crippen LogP contribution is -2.26. The SMILES string of the molecule is CC(CO)n1ncc2cnc(Nc3ccc4c(c3)CN(C)CC4)nc21. The van der Waals surface area contributed by atoms with Crippen molar-refractivity contribution < 1.29 is 5.11 Å². The van der Waals surface area contributed by atoms with Gasteiger partial charge in [0, 0.05) is 25.0 Å². The van der Waals surface area contributed by atoms with Gasteiger partial charge in [-0.05, 0) is 43.7 Å². The van der Waals surface area contributed by atoms with Gasteiger partial charge < -0.3 is 15.3 Å². The van der Waals surface area contributed by atoms with Crippen molar-refractivity contribution in [2.24, 2.45) is 0 Å². The Bertz CT molecular complexity index is 906. The minimum absolute atomic E-state index is 0.0158. The van der Waals surface area contributed by atoms with E-state index in [1.165, 1.54) is 11.1 Å². The molecule has 0 saturated carbocycles. The van der Waals surface area contributed by atoms with Crippen LogP contribution in [0.15, 0.2) is 30.6 Å². The Morgan fingerprint density at radius 1 is 1.28 bits per heavy atom. The monoisotopic (exact) mass is 338 g/mol. The van der Waals surface area contributed by atoms with Crippen LogP contribution in [0.25, 0.3) is 11.0 Å². The summed E-state index contributed by atoms with van der Waals surface area (Å²) in [5, 5.41) is 17.8. The minimum Gasteiger partial charge on any atom is -0.394 e. The third-order valence-corrected chi connectivity index (χ3v) is 4.68. The number of benzene rings is 1. The molecular weight excluding hydrogens is 316 g/mol. The molecule has 1 aromatic carbocycles. The number of hydrogen-bond acceptors (Lipinski definition) is 6.